The van der Waals surface area contributed by atoms with Gasteiger partial charge >= 0.3 is 0 Å². The van der Waals surface area contributed by atoms with Crippen molar-refractivity contribution in [3.63, 3.8) is 0 Å². The van der Waals surface area contributed by atoms with Crippen LogP contribution in [0.15, 0.2) is 48.8 Å². The molecule has 0 radical (unpaired) electrons. The van der Waals surface area contributed by atoms with E-state index >= 15 is 0 Å². The fraction of sp³-hybridized carbons (Fsp3) is 0.286. The molecule has 0 unspecified atom stereocenters. The second-order valence-corrected chi connectivity index (χ2v) is 7.14. The van der Waals surface area contributed by atoms with E-state index in [0.717, 1.165) is 24.1 Å². The predicted molar refractivity (Wildman–Crippen MR) is 106 cm³/mol. The fourth-order valence-corrected chi connectivity index (χ4v) is 3.70. The molecule has 1 amide bonds. The number of nitrogens with zero attached hydrogens (tertiary/aromatic N) is 3. The molecule has 0 spiro atoms. The molecule has 3 aromatic rings. The number of benzene rings is 1. The number of rotatable bonds is 5. The van der Waals surface area contributed by atoms with E-state index in [1.807, 2.05) is 12.1 Å². The van der Waals surface area contributed by atoms with Gasteiger partial charge in [0, 0.05) is 46.3 Å². The Morgan fingerprint density at radius 2 is 1.81 bits per heavy atom. The molecular formula is C21H21ClN4O. The average Bonchev–Trinajstić information content (AvgIpc) is 3.08. The number of hydrogen-bond acceptors (Lipinski definition) is 3. The van der Waals surface area contributed by atoms with Crippen LogP contribution < -0.4 is 5.32 Å². The summed E-state index contributed by atoms with van der Waals surface area (Å²) in [5.74, 6) is -0.0953. The number of fused-ring (bicyclic) bond motifs is 1. The number of carbonyl (C=O) groups excluding carboxylic acids is 1. The van der Waals surface area contributed by atoms with Gasteiger partial charge in [0.05, 0.1) is 12.2 Å². The van der Waals surface area contributed by atoms with Gasteiger partial charge < -0.3 is 5.32 Å². The lowest BCUT2D eigenvalue weighted by Gasteiger charge is -2.14. The Kier molecular flexibility index (Phi) is 5.21. The van der Waals surface area contributed by atoms with Crippen LogP contribution in [0.25, 0.3) is 11.3 Å². The Labute approximate surface area is 163 Å². The molecule has 138 valence electrons. The Bertz CT molecular complexity index is 935. The Balaban J connectivity index is 1.48. The van der Waals surface area contributed by atoms with Crippen LogP contribution in [0.5, 0.6) is 0 Å². The maximum atomic E-state index is 12.3. The van der Waals surface area contributed by atoms with Crippen LogP contribution in [0.2, 0.25) is 5.02 Å². The summed E-state index contributed by atoms with van der Waals surface area (Å²) in [5, 5.41) is 8.46. The van der Waals surface area contributed by atoms with Gasteiger partial charge in [0.25, 0.3) is 5.91 Å². The van der Waals surface area contributed by atoms with Crippen LogP contribution in [0, 0.1) is 0 Å². The minimum Gasteiger partial charge on any atom is -0.350 e. The maximum absolute atomic E-state index is 12.3. The number of halogens is 1. The summed E-state index contributed by atoms with van der Waals surface area (Å²) in [4.78, 5) is 16.4. The number of aromatic nitrogens is 3. The lowest BCUT2D eigenvalue weighted by Crippen LogP contribution is -2.28. The topological polar surface area (TPSA) is 59.8 Å². The first-order valence-corrected chi connectivity index (χ1v) is 9.63. The molecule has 0 aliphatic heterocycles. The third-order valence-electron chi connectivity index (χ3n) is 4.93. The van der Waals surface area contributed by atoms with Crippen molar-refractivity contribution in [3.05, 3.63) is 70.6 Å². The van der Waals surface area contributed by atoms with Gasteiger partial charge in [-0.25, -0.2) is 0 Å². The third-order valence-corrected chi connectivity index (χ3v) is 5.18. The van der Waals surface area contributed by atoms with Gasteiger partial charge in [0.2, 0.25) is 0 Å². The minimum absolute atomic E-state index is 0.0953. The van der Waals surface area contributed by atoms with Crippen LogP contribution in [0.4, 0.5) is 0 Å². The van der Waals surface area contributed by atoms with Gasteiger partial charge in [0.15, 0.2) is 0 Å². The Hall–Kier alpha value is -2.66. The lowest BCUT2D eigenvalue weighted by atomic mass is 9.94. The van der Waals surface area contributed by atoms with Crippen molar-refractivity contribution in [1.29, 1.82) is 0 Å². The zero-order valence-electron chi connectivity index (χ0n) is 15.0. The molecule has 1 aromatic carbocycles. The standard InChI is InChI=1S/C21H21ClN4O/c22-17-7-5-16(6-8-17)21(27)24-13-14-26-19-4-2-1-3-18(19)20(25-26)15-9-11-23-12-10-15/h5-12H,1-4,13-14H2,(H,24,27). The molecule has 0 saturated carbocycles. The average molecular weight is 381 g/mol. The molecule has 1 N–H and O–H groups in total. The normalized spacial score (nSPS) is 13.2. The second-order valence-electron chi connectivity index (χ2n) is 6.70. The SMILES string of the molecule is O=C(NCCn1nc(-c2ccncc2)c2c1CCCC2)c1ccc(Cl)cc1. The van der Waals surface area contributed by atoms with Gasteiger partial charge in [-0.15, -0.1) is 0 Å². The fourth-order valence-electron chi connectivity index (χ4n) is 3.58. The molecule has 1 aliphatic carbocycles. The van der Waals surface area contributed by atoms with Crippen molar-refractivity contribution >= 4 is 17.5 Å². The summed E-state index contributed by atoms with van der Waals surface area (Å²) in [5.41, 5.74) is 5.41. The van der Waals surface area contributed by atoms with Crippen LogP contribution in [0.1, 0.15) is 34.5 Å². The summed E-state index contributed by atoms with van der Waals surface area (Å²) in [6.45, 7) is 1.19. The zero-order chi connectivity index (χ0) is 18.6. The van der Waals surface area contributed by atoms with Crippen molar-refractivity contribution in [2.75, 3.05) is 6.54 Å². The molecule has 2 aromatic heterocycles. The van der Waals surface area contributed by atoms with E-state index in [-0.39, 0.29) is 5.91 Å². The van der Waals surface area contributed by atoms with E-state index in [1.165, 1.54) is 24.1 Å². The molecule has 27 heavy (non-hydrogen) atoms. The zero-order valence-corrected chi connectivity index (χ0v) is 15.7. The number of nitrogens with one attached hydrogen (secondary N) is 1. The van der Waals surface area contributed by atoms with Gasteiger partial charge in [-0.2, -0.15) is 5.10 Å². The van der Waals surface area contributed by atoms with Crippen molar-refractivity contribution in [2.24, 2.45) is 0 Å². The summed E-state index contributed by atoms with van der Waals surface area (Å²) in [6.07, 6.45) is 8.09. The van der Waals surface area contributed by atoms with Crippen LogP contribution >= 0.6 is 11.6 Å². The quantitative estimate of drug-likeness (QED) is 0.730. The molecule has 6 heteroatoms. The molecule has 2 heterocycles. The number of carbonyl (C=O) groups is 1. The van der Waals surface area contributed by atoms with Crippen LogP contribution in [-0.2, 0) is 19.4 Å². The third kappa shape index (κ3) is 3.88. The second kappa shape index (κ2) is 7.92. The van der Waals surface area contributed by atoms with Gasteiger partial charge in [-0.3, -0.25) is 14.5 Å². The van der Waals surface area contributed by atoms with Gasteiger partial charge in [0.1, 0.15) is 0 Å². The number of pyridine rings is 1. The van der Waals surface area contributed by atoms with E-state index in [9.17, 15) is 4.79 Å². The smallest absolute Gasteiger partial charge is 0.251 e. The van der Waals surface area contributed by atoms with E-state index in [1.54, 1.807) is 36.7 Å². The largest absolute Gasteiger partial charge is 0.350 e. The van der Waals surface area contributed by atoms with E-state index < -0.39 is 0 Å². The van der Waals surface area contributed by atoms with Gasteiger partial charge in [-0.1, -0.05) is 11.6 Å². The van der Waals surface area contributed by atoms with Crippen molar-refractivity contribution < 1.29 is 4.79 Å². The monoisotopic (exact) mass is 380 g/mol. The van der Waals surface area contributed by atoms with Crippen LogP contribution in [0.3, 0.4) is 0 Å². The first-order chi connectivity index (χ1) is 13.2. The predicted octanol–water partition coefficient (Wildman–Crippen LogP) is 3.91. The van der Waals surface area contributed by atoms with E-state index in [2.05, 4.69) is 15.0 Å². The summed E-state index contributed by atoms with van der Waals surface area (Å²) in [6, 6.07) is 10.9. The number of hydrogen-bond donors (Lipinski definition) is 1. The first kappa shape index (κ1) is 17.7. The molecule has 0 bridgehead atoms. The summed E-state index contributed by atoms with van der Waals surface area (Å²) >= 11 is 5.87. The van der Waals surface area contributed by atoms with E-state index in [0.29, 0.717) is 23.7 Å². The Morgan fingerprint density at radius 3 is 2.59 bits per heavy atom. The number of amides is 1. The summed E-state index contributed by atoms with van der Waals surface area (Å²) in [7, 11) is 0. The minimum atomic E-state index is -0.0953. The van der Waals surface area contributed by atoms with Gasteiger partial charge in [-0.05, 0) is 62.1 Å². The highest BCUT2D eigenvalue weighted by Gasteiger charge is 2.21. The Morgan fingerprint density at radius 1 is 1.07 bits per heavy atom. The maximum Gasteiger partial charge on any atom is 0.251 e. The van der Waals surface area contributed by atoms with E-state index in [4.69, 9.17) is 16.7 Å². The first-order valence-electron chi connectivity index (χ1n) is 9.25. The summed E-state index contributed by atoms with van der Waals surface area (Å²) < 4.78 is 2.06. The molecule has 4 rings (SSSR count). The highest BCUT2D eigenvalue weighted by atomic mass is 35.5. The molecule has 1 aliphatic rings. The van der Waals surface area contributed by atoms with Crippen molar-refractivity contribution in [1.82, 2.24) is 20.1 Å². The molecule has 0 saturated heterocycles. The molecule has 5 nitrogen and oxygen atoms in total. The lowest BCUT2D eigenvalue weighted by molar-refractivity contribution is 0.0952. The molecule has 0 fully saturated rings. The highest BCUT2D eigenvalue weighted by Crippen LogP contribution is 2.30. The van der Waals surface area contributed by atoms with Crippen molar-refractivity contribution in [3.8, 4) is 11.3 Å². The highest BCUT2D eigenvalue weighted by molar-refractivity contribution is 6.30. The van der Waals surface area contributed by atoms with Crippen LogP contribution in [-0.4, -0.2) is 27.2 Å². The van der Waals surface area contributed by atoms with Crippen molar-refractivity contribution in [2.45, 2.75) is 32.2 Å². The molecular weight excluding hydrogens is 360 g/mol. The molecule has 0 atom stereocenters.